The molecule has 2 rings (SSSR count). The van der Waals surface area contributed by atoms with E-state index in [9.17, 15) is 0 Å². The van der Waals surface area contributed by atoms with Gasteiger partial charge in [0.25, 0.3) is 0 Å². The van der Waals surface area contributed by atoms with Crippen molar-refractivity contribution in [3.05, 3.63) is 34.3 Å². The lowest BCUT2D eigenvalue weighted by Gasteiger charge is -2.18. The first kappa shape index (κ1) is 13.1. The molecular weight excluding hydrogens is 274 g/mol. The molecule has 0 radical (unpaired) electrons. The minimum atomic E-state index is 0.672. The molecule has 1 aromatic carbocycles. The van der Waals surface area contributed by atoms with Crippen molar-refractivity contribution in [2.24, 2.45) is 11.8 Å². The van der Waals surface area contributed by atoms with Crippen LogP contribution in [-0.2, 0) is 6.42 Å². The lowest BCUT2D eigenvalue weighted by molar-refractivity contribution is 0.443. The van der Waals surface area contributed by atoms with Gasteiger partial charge in [-0.05, 0) is 55.3 Å². The van der Waals surface area contributed by atoms with Crippen LogP contribution < -0.4 is 5.32 Å². The summed E-state index contributed by atoms with van der Waals surface area (Å²) in [6.07, 6.45) is 3.79. The SMILES string of the molecule is CCCNC(Cc1ccc(Br)cc1)C1CC1C. The van der Waals surface area contributed by atoms with Crippen LogP contribution in [-0.4, -0.2) is 12.6 Å². The molecule has 3 atom stereocenters. The highest BCUT2D eigenvalue weighted by Crippen LogP contribution is 2.41. The van der Waals surface area contributed by atoms with Crippen molar-refractivity contribution in [3.63, 3.8) is 0 Å². The fourth-order valence-electron chi connectivity index (χ4n) is 2.49. The van der Waals surface area contributed by atoms with Gasteiger partial charge in [-0.3, -0.25) is 0 Å². The molecule has 1 N–H and O–H groups in total. The van der Waals surface area contributed by atoms with Crippen LogP contribution >= 0.6 is 15.9 Å². The fourth-order valence-corrected chi connectivity index (χ4v) is 2.75. The van der Waals surface area contributed by atoms with Crippen LogP contribution in [0.1, 0.15) is 32.3 Å². The van der Waals surface area contributed by atoms with Gasteiger partial charge in [-0.1, -0.05) is 41.9 Å². The van der Waals surface area contributed by atoms with Crippen molar-refractivity contribution in [2.75, 3.05) is 6.54 Å². The number of hydrogen-bond donors (Lipinski definition) is 1. The quantitative estimate of drug-likeness (QED) is 0.836. The monoisotopic (exact) mass is 295 g/mol. The summed E-state index contributed by atoms with van der Waals surface area (Å²) in [4.78, 5) is 0. The van der Waals surface area contributed by atoms with Crippen LogP contribution in [0.2, 0.25) is 0 Å². The Morgan fingerprint density at radius 3 is 2.53 bits per heavy atom. The highest BCUT2D eigenvalue weighted by atomic mass is 79.9. The Morgan fingerprint density at radius 1 is 1.35 bits per heavy atom. The predicted octanol–water partition coefficient (Wildman–Crippen LogP) is 4.02. The Balaban J connectivity index is 1.94. The van der Waals surface area contributed by atoms with Crippen LogP contribution in [0, 0.1) is 11.8 Å². The first-order valence-electron chi connectivity index (χ1n) is 6.68. The summed E-state index contributed by atoms with van der Waals surface area (Å²) < 4.78 is 1.17. The van der Waals surface area contributed by atoms with Gasteiger partial charge in [0.2, 0.25) is 0 Å². The molecule has 3 unspecified atom stereocenters. The van der Waals surface area contributed by atoms with Crippen LogP contribution in [0.3, 0.4) is 0 Å². The maximum atomic E-state index is 3.71. The second-order valence-corrected chi connectivity index (χ2v) is 6.18. The molecule has 1 saturated carbocycles. The van der Waals surface area contributed by atoms with E-state index in [0.29, 0.717) is 6.04 Å². The van der Waals surface area contributed by atoms with Gasteiger partial charge in [-0.25, -0.2) is 0 Å². The molecule has 1 nitrogen and oxygen atoms in total. The number of halogens is 1. The average molecular weight is 296 g/mol. The Labute approximate surface area is 113 Å². The van der Waals surface area contributed by atoms with Gasteiger partial charge in [0.05, 0.1) is 0 Å². The van der Waals surface area contributed by atoms with Gasteiger partial charge in [0, 0.05) is 10.5 Å². The number of nitrogens with one attached hydrogen (secondary N) is 1. The van der Waals surface area contributed by atoms with Crippen molar-refractivity contribution in [1.82, 2.24) is 5.32 Å². The third kappa shape index (κ3) is 3.82. The largest absolute Gasteiger partial charge is 0.313 e. The van der Waals surface area contributed by atoms with Gasteiger partial charge < -0.3 is 5.32 Å². The highest BCUT2D eigenvalue weighted by molar-refractivity contribution is 9.10. The Bertz CT molecular complexity index is 346. The van der Waals surface area contributed by atoms with E-state index < -0.39 is 0 Å². The maximum absolute atomic E-state index is 3.71. The van der Waals surface area contributed by atoms with Crippen LogP contribution in [0.5, 0.6) is 0 Å². The number of rotatable bonds is 6. The lowest BCUT2D eigenvalue weighted by Crippen LogP contribution is -2.34. The van der Waals surface area contributed by atoms with Crippen molar-refractivity contribution in [3.8, 4) is 0 Å². The molecule has 0 amide bonds. The summed E-state index contributed by atoms with van der Waals surface area (Å²) in [7, 11) is 0. The van der Waals surface area contributed by atoms with Gasteiger partial charge in [0.1, 0.15) is 0 Å². The van der Waals surface area contributed by atoms with Gasteiger partial charge in [-0.2, -0.15) is 0 Å². The van der Waals surface area contributed by atoms with Gasteiger partial charge in [-0.15, -0.1) is 0 Å². The van der Waals surface area contributed by atoms with E-state index in [-0.39, 0.29) is 0 Å². The van der Waals surface area contributed by atoms with Crippen LogP contribution in [0.4, 0.5) is 0 Å². The van der Waals surface area contributed by atoms with E-state index in [0.717, 1.165) is 18.4 Å². The van der Waals surface area contributed by atoms with E-state index in [4.69, 9.17) is 0 Å². The van der Waals surface area contributed by atoms with E-state index >= 15 is 0 Å². The van der Waals surface area contributed by atoms with Gasteiger partial charge in [0.15, 0.2) is 0 Å². The zero-order chi connectivity index (χ0) is 12.3. The van der Waals surface area contributed by atoms with Crippen molar-refractivity contribution < 1.29 is 0 Å². The molecule has 17 heavy (non-hydrogen) atoms. The molecule has 1 aliphatic carbocycles. The van der Waals surface area contributed by atoms with Crippen molar-refractivity contribution >= 4 is 15.9 Å². The second kappa shape index (κ2) is 6.01. The lowest BCUT2D eigenvalue weighted by atomic mass is 10.0. The summed E-state index contributed by atoms with van der Waals surface area (Å²) in [5.41, 5.74) is 1.45. The minimum Gasteiger partial charge on any atom is -0.313 e. The average Bonchev–Trinajstić information content (AvgIpc) is 3.04. The third-order valence-electron chi connectivity index (χ3n) is 3.71. The smallest absolute Gasteiger partial charge is 0.0175 e. The minimum absolute atomic E-state index is 0.672. The van der Waals surface area contributed by atoms with E-state index in [1.807, 2.05) is 0 Å². The Hall–Kier alpha value is -0.340. The molecule has 0 spiro atoms. The number of hydrogen-bond acceptors (Lipinski definition) is 1. The molecular formula is C15H22BrN. The van der Waals surface area contributed by atoms with E-state index in [2.05, 4.69) is 59.4 Å². The van der Waals surface area contributed by atoms with Crippen molar-refractivity contribution in [2.45, 2.75) is 39.2 Å². The summed E-state index contributed by atoms with van der Waals surface area (Å²) in [5.74, 6) is 1.81. The number of benzene rings is 1. The third-order valence-corrected chi connectivity index (χ3v) is 4.24. The van der Waals surface area contributed by atoms with E-state index in [1.54, 1.807) is 0 Å². The molecule has 2 heteroatoms. The van der Waals surface area contributed by atoms with E-state index in [1.165, 1.54) is 29.3 Å². The van der Waals surface area contributed by atoms with Crippen LogP contribution in [0.15, 0.2) is 28.7 Å². The Kier molecular flexibility index (Phi) is 4.63. The molecule has 0 bridgehead atoms. The van der Waals surface area contributed by atoms with Gasteiger partial charge >= 0.3 is 0 Å². The summed E-state index contributed by atoms with van der Waals surface area (Å²) in [6.45, 7) is 5.75. The molecule has 1 aromatic rings. The van der Waals surface area contributed by atoms with Crippen LogP contribution in [0.25, 0.3) is 0 Å². The van der Waals surface area contributed by atoms with Crippen molar-refractivity contribution in [1.29, 1.82) is 0 Å². The molecule has 0 heterocycles. The molecule has 0 aromatic heterocycles. The molecule has 0 saturated heterocycles. The zero-order valence-electron chi connectivity index (χ0n) is 10.7. The summed E-state index contributed by atoms with van der Waals surface area (Å²) in [5, 5.41) is 3.71. The topological polar surface area (TPSA) is 12.0 Å². The highest BCUT2D eigenvalue weighted by Gasteiger charge is 2.38. The first-order valence-corrected chi connectivity index (χ1v) is 7.47. The molecule has 94 valence electrons. The molecule has 1 fully saturated rings. The fraction of sp³-hybridized carbons (Fsp3) is 0.600. The second-order valence-electron chi connectivity index (χ2n) is 5.27. The Morgan fingerprint density at radius 2 is 2.00 bits per heavy atom. The molecule has 1 aliphatic rings. The normalized spacial score (nSPS) is 24.6. The summed E-state index contributed by atoms with van der Waals surface area (Å²) >= 11 is 3.49. The maximum Gasteiger partial charge on any atom is 0.0175 e. The standard InChI is InChI=1S/C15H22BrN/c1-3-8-17-15(14-9-11(14)2)10-12-4-6-13(16)7-5-12/h4-7,11,14-15,17H,3,8-10H2,1-2H3. The summed E-state index contributed by atoms with van der Waals surface area (Å²) in [6, 6.07) is 9.42. The zero-order valence-corrected chi connectivity index (χ0v) is 12.3. The predicted molar refractivity (Wildman–Crippen MR) is 77.2 cm³/mol. The molecule has 0 aliphatic heterocycles. The first-order chi connectivity index (χ1) is 8.20.